The molecule has 0 fully saturated rings. The maximum Gasteiger partial charge on any atom is 0.126 e. The van der Waals surface area contributed by atoms with E-state index in [1.165, 1.54) is 6.42 Å². The van der Waals surface area contributed by atoms with Crippen LogP contribution in [0.15, 0.2) is 18.2 Å². The third-order valence-corrected chi connectivity index (χ3v) is 4.41. The second-order valence-corrected chi connectivity index (χ2v) is 5.59. The van der Waals surface area contributed by atoms with Crippen molar-refractivity contribution in [3.63, 3.8) is 0 Å². The van der Waals surface area contributed by atoms with Gasteiger partial charge in [0.15, 0.2) is 0 Å². The normalized spacial score (nSPS) is 19.7. The summed E-state index contributed by atoms with van der Waals surface area (Å²) in [6, 6.07) is 6.39. The summed E-state index contributed by atoms with van der Waals surface area (Å²) < 4.78 is 13.6. The van der Waals surface area contributed by atoms with Crippen molar-refractivity contribution in [2.45, 2.75) is 45.2 Å². The third-order valence-electron chi connectivity index (χ3n) is 4.41. The molecule has 2 atom stereocenters. The number of nitrogens with zero attached hydrogens (tertiary/aromatic N) is 1. The van der Waals surface area contributed by atoms with Gasteiger partial charge in [0, 0.05) is 25.2 Å². The van der Waals surface area contributed by atoms with Crippen LogP contribution in [0.5, 0.6) is 0 Å². The smallest absolute Gasteiger partial charge is 0.126 e. The van der Waals surface area contributed by atoms with E-state index in [0.29, 0.717) is 12.1 Å². The van der Waals surface area contributed by atoms with Crippen LogP contribution in [0.1, 0.15) is 43.9 Å². The maximum absolute atomic E-state index is 13.6. The van der Waals surface area contributed by atoms with Gasteiger partial charge in [-0.3, -0.25) is 0 Å². The van der Waals surface area contributed by atoms with Gasteiger partial charge in [0.1, 0.15) is 5.82 Å². The van der Waals surface area contributed by atoms with E-state index in [1.54, 1.807) is 6.07 Å². The van der Waals surface area contributed by atoms with Gasteiger partial charge in [-0.1, -0.05) is 19.1 Å². The van der Waals surface area contributed by atoms with Gasteiger partial charge in [0.25, 0.3) is 0 Å². The number of benzene rings is 1. The van der Waals surface area contributed by atoms with Gasteiger partial charge in [-0.05, 0) is 50.4 Å². The monoisotopic (exact) mass is 264 g/mol. The Morgan fingerprint density at radius 3 is 3.00 bits per heavy atom. The van der Waals surface area contributed by atoms with Gasteiger partial charge in [0.05, 0.1) is 0 Å². The molecule has 1 N–H and O–H groups in total. The Kier molecular flexibility index (Phi) is 4.94. The number of rotatable bonds is 6. The average molecular weight is 264 g/mol. The van der Waals surface area contributed by atoms with Crippen LogP contribution in [0.3, 0.4) is 0 Å². The standard InChI is InChI=1S/C16H25FN2/c1-4-12(2)19(3)11-10-18-16-9-8-13-14(16)6-5-7-15(13)17/h5-7,12,16,18H,4,8-11H2,1-3H3. The topological polar surface area (TPSA) is 15.3 Å². The summed E-state index contributed by atoms with van der Waals surface area (Å²) in [4.78, 5) is 2.37. The quantitative estimate of drug-likeness (QED) is 0.849. The molecule has 0 bridgehead atoms. The van der Waals surface area contributed by atoms with Crippen LogP contribution in [0.4, 0.5) is 4.39 Å². The van der Waals surface area contributed by atoms with Gasteiger partial charge in [-0.2, -0.15) is 0 Å². The van der Waals surface area contributed by atoms with E-state index in [0.717, 1.165) is 37.1 Å². The summed E-state index contributed by atoms with van der Waals surface area (Å²) in [7, 11) is 2.16. The van der Waals surface area contributed by atoms with Gasteiger partial charge < -0.3 is 10.2 Å². The lowest BCUT2D eigenvalue weighted by Crippen LogP contribution is -2.35. The number of hydrogen-bond acceptors (Lipinski definition) is 2. The predicted molar refractivity (Wildman–Crippen MR) is 77.8 cm³/mol. The summed E-state index contributed by atoms with van der Waals surface area (Å²) >= 11 is 0. The van der Waals surface area contributed by atoms with Crippen molar-refractivity contribution >= 4 is 0 Å². The minimum absolute atomic E-state index is 0.0430. The van der Waals surface area contributed by atoms with Crippen LogP contribution in [-0.4, -0.2) is 31.1 Å². The Morgan fingerprint density at radius 1 is 1.47 bits per heavy atom. The molecular formula is C16H25FN2. The van der Waals surface area contributed by atoms with E-state index < -0.39 is 0 Å². The molecule has 1 aromatic rings. The van der Waals surface area contributed by atoms with E-state index in [9.17, 15) is 4.39 Å². The molecule has 2 nitrogen and oxygen atoms in total. The molecule has 0 saturated heterocycles. The highest BCUT2D eigenvalue weighted by Gasteiger charge is 2.24. The van der Waals surface area contributed by atoms with Crippen LogP contribution in [0, 0.1) is 5.82 Å². The Labute approximate surface area is 116 Å². The van der Waals surface area contributed by atoms with Crippen LogP contribution in [0.2, 0.25) is 0 Å². The lowest BCUT2D eigenvalue weighted by Gasteiger charge is -2.24. The maximum atomic E-state index is 13.6. The Hall–Kier alpha value is -0.930. The zero-order valence-corrected chi connectivity index (χ0v) is 12.2. The van der Waals surface area contributed by atoms with Crippen LogP contribution >= 0.6 is 0 Å². The highest BCUT2D eigenvalue weighted by atomic mass is 19.1. The molecule has 2 unspecified atom stereocenters. The predicted octanol–water partition coefficient (Wildman–Crippen LogP) is 3.13. The molecule has 0 spiro atoms. The van der Waals surface area contributed by atoms with Crippen LogP contribution in [0.25, 0.3) is 0 Å². The second kappa shape index (κ2) is 6.49. The SMILES string of the molecule is CCC(C)N(C)CCNC1CCc2c(F)cccc21. The first-order valence-electron chi connectivity index (χ1n) is 7.34. The summed E-state index contributed by atoms with van der Waals surface area (Å²) in [5, 5.41) is 3.57. The highest BCUT2D eigenvalue weighted by molar-refractivity contribution is 5.35. The molecular weight excluding hydrogens is 239 g/mol. The Morgan fingerprint density at radius 2 is 2.26 bits per heavy atom. The number of hydrogen-bond donors (Lipinski definition) is 1. The summed E-state index contributed by atoms with van der Waals surface area (Å²) in [5.41, 5.74) is 2.07. The molecule has 1 aromatic carbocycles. The highest BCUT2D eigenvalue weighted by Crippen LogP contribution is 2.32. The fourth-order valence-corrected chi connectivity index (χ4v) is 2.77. The van der Waals surface area contributed by atoms with Gasteiger partial charge >= 0.3 is 0 Å². The van der Waals surface area contributed by atoms with Gasteiger partial charge in [0.2, 0.25) is 0 Å². The summed E-state index contributed by atoms with van der Waals surface area (Å²) in [5.74, 6) is -0.0430. The number of halogens is 1. The van der Waals surface area contributed by atoms with Crippen molar-refractivity contribution in [3.8, 4) is 0 Å². The lowest BCUT2D eigenvalue weighted by atomic mass is 10.1. The van der Waals surface area contributed by atoms with E-state index >= 15 is 0 Å². The van der Waals surface area contributed by atoms with Crippen LogP contribution in [-0.2, 0) is 6.42 Å². The fraction of sp³-hybridized carbons (Fsp3) is 0.625. The van der Waals surface area contributed by atoms with Crippen molar-refractivity contribution < 1.29 is 4.39 Å². The number of nitrogens with one attached hydrogen (secondary N) is 1. The fourth-order valence-electron chi connectivity index (χ4n) is 2.77. The Balaban J connectivity index is 1.85. The number of fused-ring (bicyclic) bond motifs is 1. The molecule has 19 heavy (non-hydrogen) atoms. The summed E-state index contributed by atoms with van der Waals surface area (Å²) in [6.45, 7) is 6.46. The molecule has 1 aliphatic rings. The number of likely N-dealkylation sites (N-methyl/N-ethyl adjacent to an activating group) is 1. The van der Waals surface area contributed by atoms with E-state index in [1.807, 2.05) is 6.07 Å². The van der Waals surface area contributed by atoms with Crippen molar-refractivity contribution in [2.75, 3.05) is 20.1 Å². The van der Waals surface area contributed by atoms with E-state index in [-0.39, 0.29) is 5.82 Å². The van der Waals surface area contributed by atoms with Gasteiger partial charge in [-0.25, -0.2) is 4.39 Å². The second-order valence-electron chi connectivity index (χ2n) is 5.59. The molecule has 0 radical (unpaired) electrons. The first-order chi connectivity index (χ1) is 9.13. The van der Waals surface area contributed by atoms with Crippen LogP contribution < -0.4 is 5.32 Å². The Bertz CT molecular complexity index is 419. The summed E-state index contributed by atoms with van der Waals surface area (Å²) in [6.07, 6.45) is 3.05. The van der Waals surface area contributed by atoms with Crippen molar-refractivity contribution in [1.82, 2.24) is 10.2 Å². The zero-order chi connectivity index (χ0) is 13.8. The lowest BCUT2D eigenvalue weighted by molar-refractivity contribution is 0.248. The molecule has 106 valence electrons. The van der Waals surface area contributed by atoms with Gasteiger partial charge in [-0.15, -0.1) is 0 Å². The molecule has 2 rings (SSSR count). The molecule has 0 heterocycles. The molecule has 0 aromatic heterocycles. The molecule has 1 aliphatic carbocycles. The first-order valence-corrected chi connectivity index (χ1v) is 7.34. The van der Waals surface area contributed by atoms with Crippen molar-refractivity contribution in [3.05, 3.63) is 35.1 Å². The molecule has 3 heteroatoms. The van der Waals surface area contributed by atoms with E-state index in [4.69, 9.17) is 0 Å². The molecule has 0 amide bonds. The van der Waals surface area contributed by atoms with Crippen molar-refractivity contribution in [2.24, 2.45) is 0 Å². The average Bonchev–Trinajstić information content (AvgIpc) is 2.82. The zero-order valence-electron chi connectivity index (χ0n) is 12.2. The van der Waals surface area contributed by atoms with Crippen molar-refractivity contribution in [1.29, 1.82) is 0 Å². The first kappa shape index (κ1) is 14.5. The minimum Gasteiger partial charge on any atom is -0.309 e. The third kappa shape index (κ3) is 3.34. The largest absolute Gasteiger partial charge is 0.309 e. The minimum atomic E-state index is -0.0430. The van der Waals surface area contributed by atoms with E-state index in [2.05, 4.69) is 37.2 Å². The molecule has 0 aliphatic heterocycles. The molecule has 0 saturated carbocycles.